The van der Waals surface area contributed by atoms with Gasteiger partial charge in [0.15, 0.2) is 0 Å². The second kappa shape index (κ2) is 8.49. The van der Waals surface area contributed by atoms with Crippen molar-refractivity contribution in [2.24, 2.45) is 0 Å². The molecule has 0 aliphatic rings. The van der Waals surface area contributed by atoms with Crippen LogP contribution in [0.3, 0.4) is 0 Å². The summed E-state index contributed by atoms with van der Waals surface area (Å²) >= 11 is 3.49. The molecule has 0 aliphatic heterocycles. The predicted molar refractivity (Wildman–Crippen MR) is 98.4 cm³/mol. The first-order valence-corrected chi connectivity index (χ1v) is 8.28. The topological polar surface area (TPSA) is 67.4 Å². The quantitative estimate of drug-likeness (QED) is 0.731. The van der Waals surface area contributed by atoms with E-state index in [9.17, 15) is 9.59 Å². The lowest BCUT2D eigenvalue weighted by Gasteiger charge is -2.11. The first-order chi connectivity index (χ1) is 11.5. The maximum Gasteiger partial charge on any atom is 0.339 e. The maximum absolute atomic E-state index is 12.1. The fraction of sp³-hybridized carbons (Fsp3) is 0.222. The van der Waals surface area contributed by atoms with E-state index in [2.05, 4.69) is 26.6 Å². The molecule has 2 aromatic rings. The number of halogens is 1. The summed E-state index contributed by atoms with van der Waals surface area (Å²) in [6.07, 6.45) is 0.274. The maximum atomic E-state index is 12.1. The molecular formula is C18H19BrN2O3. The van der Waals surface area contributed by atoms with Crippen molar-refractivity contribution in [3.63, 3.8) is 0 Å². The Morgan fingerprint density at radius 1 is 1.12 bits per heavy atom. The van der Waals surface area contributed by atoms with Crippen molar-refractivity contribution in [1.29, 1.82) is 0 Å². The monoisotopic (exact) mass is 390 g/mol. The predicted octanol–water partition coefficient (Wildman–Crippen LogP) is 3.98. The molecule has 24 heavy (non-hydrogen) atoms. The Labute approximate surface area is 149 Å². The summed E-state index contributed by atoms with van der Waals surface area (Å²) in [5.41, 5.74) is 2.88. The molecule has 0 unspecified atom stereocenters. The number of carbonyl (C=O) groups is 2. The van der Waals surface area contributed by atoms with Crippen LogP contribution < -0.4 is 10.6 Å². The van der Waals surface area contributed by atoms with E-state index >= 15 is 0 Å². The second-order valence-electron chi connectivity index (χ2n) is 5.25. The van der Waals surface area contributed by atoms with Crippen molar-refractivity contribution in [2.45, 2.75) is 13.3 Å². The van der Waals surface area contributed by atoms with Crippen molar-refractivity contribution < 1.29 is 14.3 Å². The van der Waals surface area contributed by atoms with Gasteiger partial charge < -0.3 is 15.4 Å². The molecular weight excluding hydrogens is 372 g/mol. The second-order valence-corrected chi connectivity index (χ2v) is 6.10. The molecule has 2 aromatic carbocycles. The number of methoxy groups -OCH3 is 1. The lowest BCUT2D eigenvalue weighted by molar-refractivity contribution is -0.115. The zero-order chi connectivity index (χ0) is 17.5. The summed E-state index contributed by atoms with van der Waals surface area (Å²) in [5.74, 6) is -0.658. The van der Waals surface area contributed by atoms with Crippen LogP contribution in [0, 0.1) is 6.92 Å². The Morgan fingerprint density at radius 3 is 2.58 bits per heavy atom. The van der Waals surface area contributed by atoms with Gasteiger partial charge in [-0.15, -0.1) is 0 Å². The first kappa shape index (κ1) is 18.0. The number of carbonyl (C=O) groups excluding carboxylic acids is 2. The van der Waals surface area contributed by atoms with Gasteiger partial charge >= 0.3 is 5.97 Å². The number of aryl methyl sites for hydroxylation is 1. The average molecular weight is 391 g/mol. The molecule has 0 bridgehead atoms. The highest BCUT2D eigenvalue weighted by Gasteiger charge is 2.13. The van der Waals surface area contributed by atoms with Crippen LogP contribution in [0.5, 0.6) is 0 Å². The number of hydrogen-bond donors (Lipinski definition) is 2. The normalized spacial score (nSPS) is 10.1. The highest BCUT2D eigenvalue weighted by molar-refractivity contribution is 9.10. The Hall–Kier alpha value is -2.34. The number of nitrogens with one attached hydrogen (secondary N) is 2. The highest BCUT2D eigenvalue weighted by Crippen LogP contribution is 2.23. The van der Waals surface area contributed by atoms with Gasteiger partial charge in [0.1, 0.15) is 0 Å². The Morgan fingerprint density at radius 2 is 1.88 bits per heavy atom. The van der Waals surface area contributed by atoms with Crippen LogP contribution in [0.15, 0.2) is 46.9 Å². The summed E-state index contributed by atoms with van der Waals surface area (Å²) < 4.78 is 5.67. The number of hydrogen-bond acceptors (Lipinski definition) is 4. The molecule has 6 heteroatoms. The molecule has 0 atom stereocenters. The standard InChI is InChI=1S/C18H19BrN2O3/c1-12-7-8-16(14(19)11-12)20-10-9-17(22)21-15-6-4-3-5-13(15)18(23)24-2/h3-8,11,20H,9-10H2,1-2H3,(H,21,22). The molecule has 0 saturated heterocycles. The van der Waals surface area contributed by atoms with E-state index in [0.717, 1.165) is 15.7 Å². The fourth-order valence-corrected chi connectivity index (χ4v) is 2.80. The van der Waals surface area contributed by atoms with Crippen molar-refractivity contribution in [3.05, 3.63) is 58.1 Å². The third-order valence-electron chi connectivity index (χ3n) is 3.40. The van der Waals surface area contributed by atoms with Gasteiger partial charge in [-0.3, -0.25) is 4.79 Å². The molecule has 5 nitrogen and oxygen atoms in total. The van der Waals surface area contributed by atoms with E-state index in [1.54, 1.807) is 24.3 Å². The summed E-state index contributed by atoms with van der Waals surface area (Å²) in [6.45, 7) is 2.49. The number of para-hydroxylation sites is 1. The van der Waals surface area contributed by atoms with Crippen molar-refractivity contribution >= 4 is 39.2 Å². The molecule has 0 spiro atoms. The minimum absolute atomic E-state index is 0.179. The van der Waals surface area contributed by atoms with E-state index in [1.807, 2.05) is 25.1 Å². The van der Waals surface area contributed by atoms with Crippen LogP contribution in [0.1, 0.15) is 22.3 Å². The zero-order valence-corrected chi connectivity index (χ0v) is 15.1. The van der Waals surface area contributed by atoms with E-state index in [-0.39, 0.29) is 12.3 Å². The molecule has 0 aromatic heterocycles. The third-order valence-corrected chi connectivity index (χ3v) is 4.05. The Balaban J connectivity index is 1.91. The summed E-state index contributed by atoms with van der Waals surface area (Å²) in [7, 11) is 1.31. The van der Waals surface area contributed by atoms with Crippen molar-refractivity contribution in [3.8, 4) is 0 Å². The van der Waals surface area contributed by atoms with Crippen LogP contribution in [0.2, 0.25) is 0 Å². The molecule has 2 N–H and O–H groups in total. The molecule has 126 valence electrons. The molecule has 0 radical (unpaired) electrons. The van der Waals surface area contributed by atoms with Crippen molar-refractivity contribution in [2.75, 3.05) is 24.3 Å². The van der Waals surface area contributed by atoms with E-state index in [4.69, 9.17) is 4.74 Å². The van der Waals surface area contributed by atoms with Gasteiger partial charge in [0.25, 0.3) is 0 Å². The number of rotatable bonds is 6. The average Bonchev–Trinajstić information content (AvgIpc) is 2.56. The van der Waals surface area contributed by atoms with E-state index in [0.29, 0.717) is 17.8 Å². The number of ether oxygens (including phenoxy) is 1. The summed E-state index contributed by atoms with van der Waals surface area (Å²) in [5, 5.41) is 5.95. The molecule has 1 amide bonds. The lowest BCUT2D eigenvalue weighted by atomic mass is 10.1. The fourth-order valence-electron chi connectivity index (χ4n) is 2.17. The van der Waals surface area contributed by atoms with E-state index < -0.39 is 5.97 Å². The van der Waals surface area contributed by atoms with Gasteiger partial charge in [0, 0.05) is 23.1 Å². The van der Waals surface area contributed by atoms with Crippen LogP contribution >= 0.6 is 15.9 Å². The Kier molecular flexibility index (Phi) is 6.37. The van der Waals surface area contributed by atoms with E-state index in [1.165, 1.54) is 7.11 Å². The molecule has 0 fully saturated rings. The summed E-state index contributed by atoms with van der Waals surface area (Å²) in [6, 6.07) is 12.7. The molecule has 2 rings (SSSR count). The smallest absolute Gasteiger partial charge is 0.339 e. The van der Waals surface area contributed by atoms with Crippen LogP contribution in [0.25, 0.3) is 0 Å². The van der Waals surface area contributed by atoms with Gasteiger partial charge in [-0.05, 0) is 52.7 Å². The molecule has 0 saturated carbocycles. The minimum Gasteiger partial charge on any atom is -0.465 e. The molecule has 0 aliphatic carbocycles. The zero-order valence-electron chi connectivity index (χ0n) is 13.6. The largest absolute Gasteiger partial charge is 0.465 e. The van der Waals surface area contributed by atoms with Gasteiger partial charge in [0.2, 0.25) is 5.91 Å². The minimum atomic E-state index is -0.479. The molecule has 0 heterocycles. The SMILES string of the molecule is COC(=O)c1ccccc1NC(=O)CCNc1ccc(C)cc1Br. The lowest BCUT2D eigenvalue weighted by Crippen LogP contribution is -2.18. The van der Waals surface area contributed by atoms with Crippen molar-refractivity contribution in [1.82, 2.24) is 0 Å². The number of benzene rings is 2. The van der Waals surface area contributed by atoms with Gasteiger partial charge in [-0.1, -0.05) is 18.2 Å². The first-order valence-electron chi connectivity index (χ1n) is 7.48. The van der Waals surface area contributed by atoms with Gasteiger partial charge in [-0.25, -0.2) is 4.79 Å². The van der Waals surface area contributed by atoms with Gasteiger partial charge in [0.05, 0.1) is 18.4 Å². The number of esters is 1. The highest BCUT2D eigenvalue weighted by atomic mass is 79.9. The number of amides is 1. The Bertz CT molecular complexity index is 747. The number of anilines is 2. The third kappa shape index (κ3) is 4.83. The summed E-state index contributed by atoms with van der Waals surface area (Å²) in [4.78, 5) is 23.8. The van der Waals surface area contributed by atoms with Gasteiger partial charge in [-0.2, -0.15) is 0 Å². The van der Waals surface area contributed by atoms with Crippen LogP contribution in [-0.2, 0) is 9.53 Å². The van der Waals surface area contributed by atoms with Crippen LogP contribution in [0.4, 0.5) is 11.4 Å². The van der Waals surface area contributed by atoms with Crippen LogP contribution in [-0.4, -0.2) is 25.5 Å².